The SMILES string of the molecule is NC(c1cc(Cl)ccc1F)c1cc(F)c(F)cc1F. The Morgan fingerprint density at radius 3 is 2.05 bits per heavy atom. The Morgan fingerprint density at radius 2 is 1.37 bits per heavy atom. The van der Waals surface area contributed by atoms with Gasteiger partial charge in [-0.25, -0.2) is 17.6 Å². The predicted octanol–water partition coefficient (Wildman–Crippen LogP) is 3.94. The lowest BCUT2D eigenvalue weighted by Crippen LogP contribution is -2.16. The summed E-state index contributed by atoms with van der Waals surface area (Å²) in [6.07, 6.45) is 0. The third kappa shape index (κ3) is 2.72. The molecule has 6 heteroatoms. The lowest BCUT2D eigenvalue weighted by Gasteiger charge is -2.15. The van der Waals surface area contributed by atoms with Crippen LogP contribution in [0.4, 0.5) is 17.6 Å². The maximum atomic E-state index is 13.6. The van der Waals surface area contributed by atoms with Crippen molar-refractivity contribution in [3.8, 4) is 0 Å². The van der Waals surface area contributed by atoms with Gasteiger partial charge in [0, 0.05) is 22.2 Å². The van der Waals surface area contributed by atoms with Crippen molar-refractivity contribution >= 4 is 11.6 Å². The third-order valence-corrected chi connectivity index (χ3v) is 2.90. The topological polar surface area (TPSA) is 26.0 Å². The zero-order chi connectivity index (χ0) is 14.2. The van der Waals surface area contributed by atoms with Gasteiger partial charge < -0.3 is 5.73 Å². The van der Waals surface area contributed by atoms with E-state index < -0.39 is 29.3 Å². The number of hydrogen-bond donors (Lipinski definition) is 1. The monoisotopic (exact) mass is 289 g/mol. The van der Waals surface area contributed by atoms with Gasteiger partial charge in [-0.1, -0.05) is 11.6 Å². The molecule has 0 bridgehead atoms. The maximum absolute atomic E-state index is 13.6. The molecule has 0 fully saturated rings. The zero-order valence-electron chi connectivity index (χ0n) is 9.43. The van der Waals surface area contributed by atoms with E-state index in [4.69, 9.17) is 17.3 Å². The molecule has 1 nitrogen and oxygen atoms in total. The zero-order valence-corrected chi connectivity index (χ0v) is 10.2. The Bertz CT molecular complexity index is 630. The Kier molecular flexibility index (Phi) is 3.78. The molecule has 0 aliphatic rings. The van der Waals surface area contributed by atoms with Gasteiger partial charge in [0.1, 0.15) is 11.6 Å². The Hall–Kier alpha value is -1.59. The van der Waals surface area contributed by atoms with E-state index in [1.165, 1.54) is 12.1 Å². The first kappa shape index (κ1) is 13.8. The van der Waals surface area contributed by atoms with E-state index in [1.54, 1.807) is 0 Å². The average Bonchev–Trinajstić information content (AvgIpc) is 2.36. The fraction of sp³-hybridized carbons (Fsp3) is 0.0769. The van der Waals surface area contributed by atoms with Gasteiger partial charge >= 0.3 is 0 Å². The second-order valence-corrected chi connectivity index (χ2v) is 4.37. The number of rotatable bonds is 2. The molecule has 0 radical (unpaired) electrons. The van der Waals surface area contributed by atoms with Crippen molar-refractivity contribution in [1.29, 1.82) is 0 Å². The van der Waals surface area contributed by atoms with Crippen molar-refractivity contribution in [3.63, 3.8) is 0 Å². The van der Waals surface area contributed by atoms with Gasteiger partial charge in [-0.05, 0) is 24.3 Å². The lowest BCUT2D eigenvalue weighted by atomic mass is 9.98. The summed E-state index contributed by atoms with van der Waals surface area (Å²) >= 11 is 5.69. The molecule has 0 amide bonds. The molecule has 0 aliphatic carbocycles. The van der Waals surface area contributed by atoms with E-state index in [1.807, 2.05) is 0 Å². The van der Waals surface area contributed by atoms with E-state index >= 15 is 0 Å². The highest BCUT2D eigenvalue weighted by Crippen LogP contribution is 2.27. The molecule has 0 aromatic heterocycles. The molecule has 0 heterocycles. The standard InChI is InChI=1S/C13H8ClF4N/c14-6-1-2-9(15)7(3-6)13(19)8-4-11(17)12(18)5-10(8)16/h1-5,13H,19H2. The first-order chi connectivity index (χ1) is 8.90. The quantitative estimate of drug-likeness (QED) is 0.657. The summed E-state index contributed by atoms with van der Waals surface area (Å²) in [5, 5.41) is 0.204. The molecule has 2 rings (SSSR count). The normalized spacial score (nSPS) is 12.5. The molecule has 100 valence electrons. The molecular weight excluding hydrogens is 282 g/mol. The van der Waals surface area contributed by atoms with Crippen molar-refractivity contribution < 1.29 is 17.6 Å². The Morgan fingerprint density at radius 1 is 0.789 bits per heavy atom. The van der Waals surface area contributed by atoms with Crippen LogP contribution in [0, 0.1) is 23.3 Å². The van der Waals surface area contributed by atoms with Crippen LogP contribution in [0.2, 0.25) is 5.02 Å². The molecule has 0 saturated heterocycles. The van der Waals surface area contributed by atoms with Crippen LogP contribution in [0.25, 0.3) is 0 Å². The largest absolute Gasteiger partial charge is 0.320 e. The van der Waals surface area contributed by atoms with Gasteiger partial charge in [0.25, 0.3) is 0 Å². The van der Waals surface area contributed by atoms with Crippen LogP contribution >= 0.6 is 11.6 Å². The number of nitrogens with two attached hydrogens (primary N) is 1. The minimum Gasteiger partial charge on any atom is -0.320 e. The lowest BCUT2D eigenvalue weighted by molar-refractivity contribution is 0.486. The van der Waals surface area contributed by atoms with Gasteiger partial charge in [0.2, 0.25) is 0 Å². The number of halogens is 5. The summed E-state index contributed by atoms with van der Waals surface area (Å²) < 4.78 is 53.1. The summed E-state index contributed by atoms with van der Waals surface area (Å²) in [7, 11) is 0. The van der Waals surface area contributed by atoms with E-state index in [0.29, 0.717) is 12.1 Å². The highest BCUT2D eigenvalue weighted by Gasteiger charge is 2.20. The second-order valence-electron chi connectivity index (χ2n) is 3.93. The fourth-order valence-electron chi connectivity index (χ4n) is 1.70. The summed E-state index contributed by atoms with van der Waals surface area (Å²) in [5.41, 5.74) is 5.23. The van der Waals surface area contributed by atoms with Gasteiger partial charge in [-0.3, -0.25) is 0 Å². The van der Waals surface area contributed by atoms with Crippen LogP contribution in [0.1, 0.15) is 17.2 Å². The third-order valence-electron chi connectivity index (χ3n) is 2.67. The molecule has 19 heavy (non-hydrogen) atoms. The first-order valence-corrected chi connectivity index (χ1v) is 5.63. The van der Waals surface area contributed by atoms with Crippen LogP contribution < -0.4 is 5.73 Å². The van der Waals surface area contributed by atoms with Gasteiger partial charge in [0.05, 0.1) is 6.04 Å². The molecule has 1 unspecified atom stereocenters. The summed E-state index contributed by atoms with van der Waals surface area (Å²) in [4.78, 5) is 0. The smallest absolute Gasteiger partial charge is 0.161 e. The summed E-state index contributed by atoms with van der Waals surface area (Å²) in [6, 6.07) is 3.27. The molecule has 0 aliphatic heterocycles. The maximum Gasteiger partial charge on any atom is 0.161 e. The molecule has 2 N–H and O–H groups in total. The Balaban J connectivity index is 2.52. The minimum absolute atomic E-state index is 0.0996. The van der Waals surface area contributed by atoms with Crippen molar-refractivity contribution in [2.24, 2.45) is 5.73 Å². The number of hydrogen-bond acceptors (Lipinski definition) is 1. The highest BCUT2D eigenvalue weighted by molar-refractivity contribution is 6.30. The van der Waals surface area contributed by atoms with Crippen LogP contribution in [0.5, 0.6) is 0 Å². The van der Waals surface area contributed by atoms with Crippen molar-refractivity contribution in [2.75, 3.05) is 0 Å². The average molecular weight is 290 g/mol. The summed E-state index contributed by atoms with van der Waals surface area (Å²) in [6.45, 7) is 0. The van der Waals surface area contributed by atoms with Crippen LogP contribution in [-0.2, 0) is 0 Å². The van der Waals surface area contributed by atoms with E-state index in [2.05, 4.69) is 0 Å². The molecular formula is C13H8ClF4N. The summed E-state index contributed by atoms with van der Waals surface area (Å²) in [5.74, 6) is -4.35. The molecule has 0 saturated carbocycles. The predicted molar refractivity (Wildman–Crippen MR) is 63.8 cm³/mol. The van der Waals surface area contributed by atoms with Crippen molar-refractivity contribution in [3.05, 3.63) is 69.8 Å². The highest BCUT2D eigenvalue weighted by atomic mass is 35.5. The Labute approximate surface area is 111 Å². The van der Waals surface area contributed by atoms with Crippen LogP contribution in [0.15, 0.2) is 30.3 Å². The van der Waals surface area contributed by atoms with Gasteiger partial charge in [-0.2, -0.15) is 0 Å². The first-order valence-electron chi connectivity index (χ1n) is 5.25. The van der Waals surface area contributed by atoms with Crippen molar-refractivity contribution in [2.45, 2.75) is 6.04 Å². The second kappa shape index (κ2) is 5.19. The number of benzene rings is 2. The van der Waals surface area contributed by atoms with E-state index in [0.717, 1.165) is 6.07 Å². The molecule has 2 aromatic rings. The molecule has 1 atom stereocenters. The van der Waals surface area contributed by atoms with Crippen LogP contribution in [-0.4, -0.2) is 0 Å². The minimum atomic E-state index is -1.33. The van der Waals surface area contributed by atoms with E-state index in [-0.39, 0.29) is 16.1 Å². The van der Waals surface area contributed by atoms with Gasteiger partial charge in [0.15, 0.2) is 11.6 Å². The van der Waals surface area contributed by atoms with Gasteiger partial charge in [-0.15, -0.1) is 0 Å². The van der Waals surface area contributed by atoms with Crippen LogP contribution in [0.3, 0.4) is 0 Å². The fourth-order valence-corrected chi connectivity index (χ4v) is 1.88. The molecule has 2 aromatic carbocycles. The van der Waals surface area contributed by atoms with Crippen molar-refractivity contribution in [1.82, 2.24) is 0 Å². The molecule has 0 spiro atoms. The van der Waals surface area contributed by atoms with E-state index in [9.17, 15) is 17.6 Å².